The van der Waals surface area contributed by atoms with Crippen molar-refractivity contribution in [2.45, 2.75) is 26.7 Å². The Morgan fingerprint density at radius 2 is 1.77 bits per heavy atom. The molecule has 30 heavy (non-hydrogen) atoms. The van der Waals surface area contributed by atoms with Gasteiger partial charge in [-0.2, -0.15) is 0 Å². The largest absolute Gasteiger partial charge is 0.493 e. The van der Waals surface area contributed by atoms with Gasteiger partial charge in [0.1, 0.15) is 11.5 Å². The van der Waals surface area contributed by atoms with Crippen molar-refractivity contribution < 1.29 is 14.3 Å². The van der Waals surface area contributed by atoms with Gasteiger partial charge in [0.25, 0.3) is 5.91 Å². The van der Waals surface area contributed by atoms with Crippen LogP contribution in [0, 0.1) is 0 Å². The fourth-order valence-corrected chi connectivity index (χ4v) is 3.18. The number of carbonyl (C=O) groups is 1. The molecule has 1 N–H and O–H groups in total. The Kier molecular flexibility index (Phi) is 7.01. The summed E-state index contributed by atoms with van der Waals surface area (Å²) < 4.78 is 11.3. The number of carbonyl (C=O) groups excluding carboxylic acids is 1. The number of ether oxygens (including phenoxy) is 2. The van der Waals surface area contributed by atoms with Crippen LogP contribution in [0.3, 0.4) is 0 Å². The maximum Gasteiger partial charge on any atom is 0.262 e. The Bertz CT molecular complexity index is 924. The maximum atomic E-state index is 12.5. The van der Waals surface area contributed by atoms with E-state index >= 15 is 0 Å². The van der Waals surface area contributed by atoms with Crippen LogP contribution >= 0.6 is 0 Å². The predicted molar refractivity (Wildman–Crippen MR) is 119 cm³/mol. The summed E-state index contributed by atoms with van der Waals surface area (Å²) in [5.74, 6) is 1.09. The van der Waals surface area contributed by atoms with Crippen molar-refractivity contribution in [3.8, 4) is 11.5 Å². The Labute approximate surface area is 178 Å². The molecule has 1 aliphatic rings. The number of nitrogens with one attached hydrogen (secondary N) is 1. The number of hydrogen-bond donors (Lipinski definition) is 1. The topological polar surface area (TPSA) is 54.0 Å². The summed E-state index contributed by atoms with van der Waals surface area (Å²) in [6.07, 6.45) is 2.08. The van der Waals surface area contributed by atoms with Crippen molar-refractivity contribution in [2.24, 2.45) is 0 Å². The highest BCUT2D eigenvalue weighted by molar-refractivity contribution is 5.81. The van der Waals surface area contributed by atoms with Gasteiger partial charge in [-0.05, 0) is 37.6 Å². The van der Waals surface area contributed by atoms with Gasteiger partial charge in [-0.25, -0.2) is 0 Å². The zero-order chi connectivity index (χ0) is 21.5. The summed E-state index contributed by atoms with van der Waals surface area (Å²) in [6.45, 7) is 8.80. The zero-order valence-electron chi connectivity index (χ0n) is 17.9. The smallest absolute Gasteiger partial charge is 0.262 e. The van der Waals surface area contributed by atoms with Gasteiger partial charge in [0.15, 0.2) is 6.61 Å². The third kappa shape index (κ3) is 4.95. The lowest BCUT2D eigenvalue weighted by molar-refractivity contribution is -0.122. The van der Waals surface area contributed by atoms with Gasteiger partial charge < -0.3 is 14.8 Å². The van der Waals surface area contributed by atoms with E-state index in [1.165, 1.54) is 0 Å². The van der Waals surface area contributed by atoms with E-state index in [1.807, 2.05) is 72.5 Å². The first kappa shape index (κ1) is 21.3. The number of hydrogen-bond acceptors (Lipinski definition) is 5. The van der Waals surface area contributed by atoms with Crippen molar-refractivity contribution in [3.05, 3.63) is 78.3 Å². The minimum atomic E-state index is -0.244. The number of nitrogens with zero attached hydrogens (tertiary/aromatic N) is 2. The standard InChI is InChI=1S/C24H29N3O3/c1-5-6-15-29-21-13-10-14-22(16-21)30-17-23(28)25-24-18(2)26(4)27(19(24)3)20-11-8-7-9-12-20/h7-14,16H,3,5-6,15,17H2,1-2,4H3,(H,25,28). The van der Waals surface area contributed by atoms with Gasteiger partial charge >= 0.3 is 0 Å². The molecule has 3 rings (SSSR count). The summed E-state index contributed by atoms with van der Waals surface area (Å²) >= 11 is 0. The maximum absolute atomic E-state index is 12.5. The summed E-state index contributed by atoms with van der Waals surface area (Å²) in [5.41, 5.74) is 3.28. The van der Waals surface area contributed by atoms with Crippen LogP contribution in [0.1, 0.15) is 26.7 Å². The first-order valence-electron chi connectivity index (χ1n) is 10.2. The van der Waals surface area contributed by atoms with E-state index in [0.29, 0.717) is 23.8 Å². The monoisotopic (exact) mass is 407 g/mol. The van der Waals surface area contributed by atoms with Crippen LogP contribution in [0.4, 0.5) is 5.69 Å². The number of benzene rings is 2. The first-order chi connectivity index (χ1) is 14.5. The van der Waals surface area contributed by atoms with Gasteiger partial charge in [0.05, 0.1) is 29.4 Å². The van der Waals surface area contributed by atoms with Crippen LogP contribution in [0.5, 0.6) is 11.5 Å². The molecule has 0 atom stereocenters. The number of amides is 1. The molecule has 0 bridgehead atoms. The molecule has 0 spiro atoms. The molecule has 0 saturated carbocycles. The normalized spacial score (nSPS) is 13.6. The second-order valence-electron chi connectivity index (χ2n) is 7.09. The fraction of sp³-hybridized carbons (Fsp3) is 0.292. The lowest BCUT2D eigenvalue weighted by Gasteiger charge is -2.29. The van der Waals surface area contributed by atoms with Crippen LogP contribution in [0.2, 0.25) is 0 Å². The van der Waals surface area contributed by atoms with E-state index in [0.717, 1.165) is 30.0 Å². The molecule has 1 amide bonds. The molecule has 6 nitrogen and oxygen atoms in total. The second kappa shape index (κ2) is 9.87. The molecular formula is C24H29N3O3. The van der Waals surface area contributed by atoms with Crippen molar-refractivity contribution in [1.82, 2.24) is 10.3 Å². The Morgan fingerprint density at radius 1 is 1.07 bits per heavy atom. The molecule has 1 aliphatic heterocycles. The third-order valence-corrected chi connectivity index (χ3v) is 4.90. The first-order valence-corrected chi connectivity index (χ1v) is 10.2. The predicted octanol–water partition coefficient (Wildman–Crippen LogP) is 4.47. The van der Waals surface area contributed by atoms with E-state index in [9.17, 15) is 4.79 Å². The van der Waals surface area contributed by atoms with Crippen molar-refractivity contribution in [2.75, 3.05) is 25.3 Å². The molecule has 0 saturated heterocycles. The molecule has 0 radical (unpaired) electrons. The number of unbranched alkanes of at least 4 members (excludes halogenated alkanes) is 1. The molecule has 0 fully saturated rings. The number of anilines is 1. The Morgan fingerprint density at radius 3 is 2.47 bits per heavy atom. The van der Waals surface area contributed by atoms with Crippen LogP contribution in [-0.2, 0) is 4.79 Å². The highest BCUT2D eigenvalue weighted by Crippen LogP contribution is 2.33. The molecular weight excluding hydrogens is 378 g/mol. The average Bonchev–Trinajstić information content (AvgIpc) is 2.96. The molecule has 1 heterocycles. The highest BCUT2D eigenvalue weighted by Gasteiger charge is 2.30. The van der Waals surface area contributed by atoms with Crippen LogP contribution < -0.4 is 19.8 Å². The number of rotatable bonds is 9. The van der Waals surface area contributed by atoms with Gasteiger partial charge in [0.2, 0.25) is 0 Å². The minimum Gasteiger partial charge on any atom is -0.493 e. The van der Waals surface area contributed by atoms with Crippen LogP contribution in [0.25, 0.3) is 0 Å². The van der Waals surface area contributed by atoms with Gasteiger partial charge in [-0.15, -0.1) is 0 Å². The van der Waals surface area contributed by atoms with Gasteiger partial charge in [-0.3, -0.25) is 14.8 Å². The van der Waals surface area contributed by atoms with Crippen molar-refractivity contribution >= 4 is 11.6 Å². The molecule has 6 heteroatoms. The van der Waals surface area contributed by atoms with E-state index < -0.39 is 0 Å². The number of para-hydroxylation sites is 1. The fourth-order valence-electron chi connectivity index (χ4n) is 3.18. The number of hydrazine groups is 1. The van der Waals surface area contributed by atoms with Crippen LogP contribution in [0.15, 0.2) is 78.3 Å². The molecule has 0 unspecified atom stereocenters. The van der Waals surface area contributed by atoms with E-state index in [2.05, 4.69) is 18.8 Å². The van der Waals surface area contributed by atoms with Gasteiger partial charge in [0, 0.05) is 13.1 Å². The average molecular weight is 408 g/mol. The van der Waals surface area contributed by atoms with Gasteiger partial charge in [-0.1, -0.05) is 44.2 Å². The van der Waals surface area contributed by atoms with E-state index in [4.69, 9.17) is 9.47 Å². The Hall–Kier alpha value is -3.41. The summed E-state index contributed by atoms with van der Waals surface area (Å²) in [7, 11) is 1.94. The third-order valence-electron chi connectivity index (χ3n) is 4.90. The Balaban J connectivity index is 1.58. The van der Waals surface area contributed by atoms with Crippen molar-refractivity contribution in [1.29, 1.82) is 0 Å². The number of allylic oxidation sites excluding steroid dienone is 1. The molecule has 2 aromatic carbocycles. The molecule has 0 aliphatic carbocycles. The molecule has 2 aromatic rings. The lowest BCUT2D eigenvalue weighted by atomic mass is 10.2. The van der Waals surface area contributed by atoms with Crippen molar-refractivity contribution in [3.63, 3.8) is 0 Å². The summed E-state index contributed by atoms with van der Waals surface area (Å²) in [6, 6.07) is 17.2. The quantitative estimate of drug-likeness (QED) is 0.622. The zero-order valence-corrected chi connectivity index (χ0v) is 17.9. The summed E-state index contributed by atoms with van der Waals surface area (Å²) in [5, 5.41) is 6.86. The lowest BCUT2D eigenvalue weighted by Crippen LogP contribution is -2.33. The van der Waals surface area contributed by atoms with E-state index in [1.54, 1.807) is 6.07 Å². The highest BCUT2D eigenvalue weighted by atomic mass is 16.5. The SMILES string of the molecule is C=C1C(NC(=O)COc2cccc(OCCCC)c2)=C(C)N(C)N1c1ccccc1. The van der Waals surface area contributed by atoms with Crippen LogP contribution in [-0.4, -0.2) is 31.2 Å². The molecule has 158 valence electrons. The molecule has 0 aromatic heterocycles. The van der Waals surface area contributed by atoms with E-state index in [-0.39, 0.29) is 12.5 Å². The second-order valence-corrected chi connectivity index (χ2v) is 7.09. The summed E-state index contributed by atoms with van der Waals surface area (Å²) in [4.78, 5) is 12.5. The minimum absolute atomic E-state index is 0.0997.